The van der Waals surface area contributed by atoms with Crippen molar-refractivity contribution in [1.29, 1.82) is 0 Å². The molecule has 0 aliphatic carbocycles. The molecule has 0 heterocycles. The summed E-state index contributed by atoms with van der Waals surface area (Å²) in [6.45, 7) is 0.827. The topological polar surface area (TPSA) is 46.4 Å². The Hall–Kier alpha value is -1.49. The quantitative estimate of drug-likeness (QED) is 0.571. The van der Waals surface area contributed by atoms with Gasteiger partial charge in [-0.2, -0.15) is 0 Å². The molecule has 0 radical (unpaired) electrons. The van der Waals surface area contributed by atoms with Crippen LogP contribution in [0.15, 0.2) is 18.2 Å². The molecular formula is C11H15FN2O2. The summed E-state index contributed by atoms with van der Waals surface area (Å²) >= 11 is 0. The molecule has 0 aliphatic heterocycles. The molecule has 1 rings (SSSR count). The Morgan fingerprint density at radius 2 is 2.12 bits per heavy atom. The lowest BCUT2D eigenvalue weighted by atomic mass is 10.1. The molecular weight excluding hydrogens is 211 g/mol. The Labute approximate surface area is 93.8 Å². The van der Waals surface area contributed by atoms with Crippen LogP contribution in [0.2, 0.25) is 0 Å². The van der Waals surface area contributed by atoms with Crippen molar-refractivity contribution in [1.82, 2.24) is 4.90 Å². The first kappa shape index (κ1) is 12.6. The number of nitro groups is 1. The highest BCUT2D eigenvalue weighted by Gasteiger charge is 2.13. The van der Waals surface area contributed by atoms with Crippen LogP contribution >= 0.6 is 0 Å². The summed E-state index contributed by atoms with van der Waals surface area (Å²) in [5.74, 6) is -0.426. The number of nitro benzene ring substituents is 1. The van der Waals surface area contributed by atoms with Gasteiger partial charge in [0.2, 0.25) is 0 Å². The molecule has 4 nitrogen and oxygen atoms in total. The van der Waals surface area contributed by atoms with Gasteiger partial charge in [-0.3, -0.25) is 10.1 Å². The molecule has 0 N–H and O–H groups in total. The van der Waals surface area contributed by atoms with Crippen LogP contribution in [0.4, 0.5) is 10.1 Å². The summed E-state index contributed by atoms with van der Waals surface area (Å²) in [5.41, 5.74) is 0.465. The fourth-order valence-corrected chi connectivity index (χ4v) is 1.52. The first-order valence-electron chi connectivity index (χ1n) is 5.08. The van der Waals surface area contributed by atoms with Crippen molar-refractivity contribution in [3.05, 3.63) is 39.7 Å². The first-order chi connectivity index (χ1) is 7.50. The van der Waals surface area contributed by atoms with Crippen LogP contribution in [0.3, 0.4) is 0 Å². The molecule has 1 aromatic rings. The monoisotopic (exact) mass is 226 g/mol. The molecule has 0 saturated heterocycles. The van der Waals surface area contributed by atoms with Gasteiger partial charge in [-0.05, 0) is 45.6 Å². The fraction of sp³-hybridized carbons (Fsp3) is 0.455. The Bertz CT molecular complexity index is 380. The molecule has 0 aromatic heterocycles. The van der Waals surface area contributed by atoms with E-state index >= 15 is 0 Å². The molecule has 0 unspecified atom stereocenters. The van der Waals surface area contributed by atoms with Crippen molar-refractivity contribution >= 4 is 5.69 Å². The van der Waals surface area contributed by atoms with Crippen LogP contribution in [-0.4, -0.2) is 30.5 Å². The van der Waals surface area contributed by atoms with Crippen molar-refractivity contribution < 1.29 is 9.31 Å². The molecule has 0 aliphatic rings. The maximum absolute atomic E-state index is 13.0. The normalized spacial score (nSPS) is 10.8. The number of rotatable bonds is 5. The van der Waals surface area contributed by atoms with E-state index in [9.17, 15) is 14.5 Å². The second kappa shape index (κ2) is 5.55. The van der Waals surface area contributed by atoms with Crippen LogP contribution in [0.1, 0.15) is 12.0 Å². The van der Waals surface area contributed by atoms with Gasteiger partial charge in [0.1, 0.15) is 5.82 Å². The molecule has 0 amide bonds. The van der Waals surface area contributed by atoms with E-state index in [1.54, 1.807) is 0 Å². The van der Waals surface area contributed by atoms with Gasteiger partial charge in [0.25, 0.3) is 5.69 Å². The van der Waals surface area contributed by atoms with Crippen molar-refractivity contribution in [2.45, 2.75) is 12.8 Å². The number of halogens is 1. The van der Waals surface area contributed by atoms with Crippen LogP contribution in [0, 0.1) is 15.9 Å². The van der Waals surface area contributed by atoms with Crippen molar-refractivity contribution in [3.63, 3.8) is 0 Å². The molecule has 0 fully saturated rings. The predicted octanol–water partition coefficient (Wildman–Crippen LogP) is 2.23. The summed E-state index contributed by atoms with van der Waals surface area (Å²) < 4.78 is 13.0. The Morgan fingerprint density at radius 3 is 2.69 bits per heavy atom. The van der Waals surface area contributed by atoms with Gasteiger partial charge in [0.05, 0.1) is 4.92 Å². The molecule has 16 heavy (non-hydrogen) atoms. The molecule has 0 bridgehead atoms. The summed E-state index contributed by atoms with van der Waals surface area (Å²) in [5, 5.41) is 10.7. The summed E-state index contributed by atoms with van der Waals surface area (Å²) in [6.07, 6.45) is 1.30. The standard InChI is InChI=1S/C11H15FN2O2/c1-13(2)7-3-4-9-8-10(12)5-6-11(9)14(15)16/h5-6,8H,3-4,7H2,1-2H3. The van der Waals surface area contributed by atoms with E-state index in [-0.39, 0.29) is 5.69 Å². The third-order valence-corrected chi connectivity index (χ3v) is 2.29. The van der Waals surface area contributed by atoms with Gasteiger partial charge < -0.3 is 4.90 Å². The average Bonchev–Trinajstić information content (AvgIpc) is 2.16. The van der Waals surface area contributed by atoms with E-state index in [1.165, 1.54) is 12.1 Å². The maximum atomic E-state index is 13.0. The smallest absolute Gasteiger partial charge is 0.272 e. The van der Waals surface area contributed by atoms with E-state index in [4.69, 9.17) is 0 Å². The lowest BCUT2D eigenvalue weighted by Gasteiger charge is -2.09. The Balaban J connectivity index is 2.76. The van der Waals surface area contributed by atoms with Gasteiger partial charge in [0, 0.05) is 11.6 Å². The van der Waals surface area contributed by atoms with Crippen molar-refractivity contribution in [2.24, 2.45) is 0 Å². The molecule has 0 atom stereocenters. The minimum Gasteiger partial charge on any atom is -0.309 e. The molecule has 0 saturated carbocycles. The predicted molar refractivity (Wildman–Crippen MR) is 59.9 cm³/mol. The van der Waals surface area contributed by atoms with E-state index < -0.39 is 10.7 Å². The number of hydrogen-bond donors (Lipinski definition) is 0. The van der Waals surface area contributed by atoms with Crippen molar-refractivity contribution in [2.75, 3.05) is 20.6 Å². The molecule has 5 heteroatoms. The van der Waals surface area contributed by atoms with Gasteiger partial charge >= 0.3 is 0 Å². The maximum Gasteiger partial charge on any atom is 0.272 e. The van der Waals surface area contributed by atoms with Crippen LogP contribution in [0.25, 0.3) is 0 Å². The average molecular weight is 226 g/mol. The molecule has 1 aromatic carbocycles. The van der Waals surface area contributed by atoms with E-state index in [0.717, 1.165) is 19.0 Å². The van der Waals surface area contributed by atoms with Gasteiger partial charge in [0.15, 0.2) is 0 Å². The number of benzene rings is 1. The second-order valence-electron chi connectivity index (χ2n) is 3.94. The zero-order chi connectivity index (χ0) is 12.1. The van der Waals surface area contributed by atoms with Gasteiger partial charge in [-0.15, -0.1) is 0 Å². The molecule has 88 valence electrons. The van der Waals surface area contributed by atoms with Crippen molar-refractivity contribution in [3.8, 4) is 0 Å². The highest BCUT2D eigenvalue weighted by molar-refractivity contribution is 5.40. The summed E-state index contributed by atoms with van der Waals surface area (Å²) in [7, 11) is 3.86. The minimum atomic E-state index is -0.468. The van der Waals surface area contributed by atoms with Crippen LogP contribution < -0.4 is 0 Å². The van der Waals surface area contributed by atoms with E-state index in [2.05, 4.69) is 0 Å². The zero-order valence-corrected chi connectivity index (χ0v) is 9.44. The van der Waals surface area contributed by atoms with Crippen LogP contribution in [0.5, 0.6) is 0 Å². The van der Waals surface area contributed by atoms with Gasteiger partial charge in [-0.25, -0.2) is 4.39 Å². The lowest BCUT2D eigenvalue weighted by molar-refractivity contribution is -0.385. The highest BCUT2D eigenvalue weighted by Crippen LogP contribution is 2.20. The third-order valence-electron chi connectivity index (χ3n) is 2.29. The number of aryl methyl sites for hydroxylation is 1. The number of hydrogen-bond acceptors (Lipinski definition) is 3. The summed E-state index contributed by atoms with van der Waals surface area (Å²) in [6, 6.07) is 3.59. The number of nitrogens with zero attached hydrogens (tertiary/aromatic N) is 2. The third kappa shape index (κ3) is 3.58. The minimum absolute atomic E-state index is 0.000145. The highest BCUT2D eigenvalue weighted by atomic mass is 19.1. The fourth-order valence-electron chi connectivity index (χ4n) is 1.52. The zero-order valence-electron chi connectivity index (χ0n) is 9.44. The Morgan fingerprint density at radius 1 is 1.44 bits per heavy atom. The second-order valence-corrected chi connectivity index (χ2v) is 3.94. The Kier molecular flexibility index (Phi) is 4.37. The largest absolute Gasteiger partial charge is 0.309 e. The first-order valence-corrected chi connectivity index (χ1v) is 5.08. The van der Waals surface area contributed by atoms with Crippen LogP contribution in [-0.2, 0) is 6.42 Å². The lowest BCUT2D eigenvalue weighted by Crippen LogP contribution is -2.13. The summed E-state index contributed by atoms with van der Waals surface area (Å²) in [4.78, 5) is 12.2. The van der Waals surface area contributed by atoms with E-state index in [1.807, 2.05) is 19.0 Å². The molecule has 0 spiro atoms. The van der Waals surface area contributed by atoms with Gasteiger partial charge in [-0.1, -0.05) is 0 Å². The van der Waals surface area contributed by atoms with E-state index in [0.29, 0.717) is 12.0 Å². The SMILES string of the molecule is CN(C)CCCc1cc(F)ccc1[N+](=O)[O-].